The summed E-state index contributed by atoms with van der Waals surface area (Å²) in [4.78, 5) is 44.2. The zero-order valence-corrected chi connectivity index (χ0v) is 19.4. The number of anilines is 1. The fraction of sp³-hybridized carbons (Fsp3) is 0.524. The van der Waals surface area contributed by atoms with Crippen molar-refractivity contribution in [3.8, 4) is 0 Å². The molecule has 0 spiro atoms. The molecule has 7 nitrogen and oxygen atoms in total. The fourth-order valence-electron chi connectivity index (χ4n) is 2.80. The van der Waals surface area contributed by atoms with Gasteiger partial charge in [-0.2, -0.15) is 0 Å². The number of unbranched alkanes of at least 4 members (excludes halogenated alkanes) is 2. The van der Waals surface area contributed by atoms with Crippen molar-refractivity contribution in [3.63, 3.8) is 0 Å². The van der Waals surface area contributed by atoms with Gasteiger partial charge in [-0.1, -0.05) is 37.2 Å². The second-order valence-corrected chi connectivity index (χ2v) is 8.65. The Balaban J connectivity index is 1.97. The first-order chi connectivity index (χ1) is 14.5. The van der Waals surface area contributed by atoms with Crippen LogP contribution in [0.25, 0.3) is 0 Å². The van der Waals surface area contributed by atoms with Crippen molar-refractivity contribution in [2.24, 2.45) is 0 Å². The SMILES string of the molecule is CCCCCN(C(=O)CCCNC(=O)c1cccs1)c1nc(C)c(C(=O)OCC)s1. The molecule has 2 aromatic heterocycles. The van der Waals surface area contributed by atoms with E-state index in [1.807, 2.05) is 11.4 Å². The number of amides is 2. The van der Waals surface area contributed by atoms with Gasteiger partial charge >= 0.3 is 5.97 Å². The number of hydrogen-bond acceptors (Lipinski definition) is 7. The molecule has 0 bridgehead atoms. The zero-order valence-electron chi connectivity index (χ0n) is 17.7. The molecule has 2 rings (SSSR count). The van der Waals surface area contributed by atoms with Gasteiger partial charge in [-0.3, -0.25) is 14.5 Å². The normalized spacial score (nSPS) is 10.6. The average molecular weight is 452 g/mol. The summed E-state index contributed by atoms with van der Waals surface area (Å²) in [5, 5.41) is 5.22. The predicted octanol–water partition coefficient (Wildman–Crippen LogP) is 4.42. The molecule has 0 atom stereocenters. The molecule has 30 heavy (non-hydrogen) atoms. The highest BCUT2D eigenvalue weighted by Gasteiger charge is 2.23. The van der Waals surface area contributed by atoms with Gasteiger partial charge in [0.05, 0.1) is 17.2 Å². The maximum absolute atomic E-state index is 12.9. The second kappa shape index (κ2) is 12.4. The number of aromatic nitrogens is 1. The number of carbonyl (C=O) groups is 3. The molecule has 0 aliphatic heterocycles. The number of aryl methyl sites for hydroxylation is 1. The third-order valence-corrected chi connectivity index (χ3v) is 6.39. The van der Waals surface area contributed by atoms with Crippen molar-refractivity contribution in [2.75, 3.05) is 24.6 Å². The molecule has 0 radical (unpaired) electrons. The highest BCUT2D eigenvalue weighted by Crippen LogP contribution is 2.28. The molecule has 0 aliphatic rings. The van der Waals surface area contributed by atoms with Crippen molar-refractivity contribution in [1.29, 1.82) is 0 Å². The first kappa shape index (κ1) is 24.0. The van der Waals surface area contributed by atoms with E-state index < -0.39 is 5.97 Å². The Hall–Kier alpha value is -2.26. The van der Waals surface area contributed by atoms with E-state index in [2.05, 4.69) is 17.2 Å². The van der Waals surface area contributed by atoms with Crippen molar-refractivity contribution in [2.45, 2.75) is 52.9 Å². The second-order valence-electron chi connectivity index (χ2n) is 6.72. The molecule has 0 aliphatic carbocycles. The molecule has 1 N–H and O–H groups in total. The summed E-state index contributed by atoms with van der Waals surface area (Å²) in [7, 11) is 0. The summed E-state index contributed by atoms with van der Waals surface area (Å²) < 4.78 is 5.08. The Bertz CT molecular complexity index is 833. The largest absolute Gasteiger partial charge is 0.462 e. The molecular weight excluding hydrogens is 422 g/mol. The number of ether oxygens (including phenoxy) is 1. The molecule has 164 valence electrons. The van der Waals surface area contributed by atoms with Gasteiger partial charge in [0.1, 0.15) is 4.88 Å². The maximum Gasteiger partial charge on any atom is 0.350 e. The topological polar surface area (TPSA) is 88.6 Å². The van der Waals surface area contributed by atoms with Crippen LogP contribution in [0, 0.1) is 6.92 Å². The monoisotopic (exact) mass is 451 g/mol. The predicted molar refractivity (Wildman–Crippen MR) is 121 cm³/mol. The molecule has 0 unspecified atom stereocenters. The lowest BCUT2D eigenvalue weighted by molar-refractivity contribution is -0.118. The van der Waals surface area contributed by atoms with E-state index in [0.717, 1.165) is 19.3 Å². The van der Waals surface area contributed by atoms with Crippen LogP contribution in [0.5, 0.6) is 0 Å². The van der Waals surface area contributed by atoms with Crippen molar-refractivity contribution >= 4 is 45.6 Å². The third-order valence-electron chi connectivity index (χ3n) is 4.36. The average Bonchev–Trinajstić information content (AvgIpc) is 3.38. The van der Waals surface area contributed by atoms with Gasteiger partial charge in [-0.05, 0) is 38.1 Å². The Morgan fingerprint density at radius 2 is 2.00 bits per heavy atom. The van der Waals surface area contributed by atoms with E-state index in [1.165, 1.54) is 22.7 Å². The van der Waals surface area contributed by atoms with E-state index in [-0.39, 0.29) is 11.8 Å². The van der Waals surface area contributed by atoms with Crippen LogP contribution in [0.4, 0.5) is 5.13 Å². The van der Waals surface area contributed by atoms with Crippen molar-refractivity contribution < 1.29 is 19.1 Å². The van der Waals surface area contributed by atoms with Gasteiger partial charge in [-0.15, -0.1) is 11.3 Å². The van der Waals surface area contributed by atoms with Gasteiger partial charge in [0, 0.05) is 19.5 Å². The lowest BCUT2D eigenvalue weighted by Gasteiger charge is -2.20. The Kier molecular flexibility index (Phi) is 9.96. The lowest BCUT2D eigenvalue weighted by atomic mass is 10.2. The number of nitrogens with one attached hydrogen (secondary N) is 1. The highest BCUT2D eigenvalue weighted by atomic mass is 32.1. The van der Waals surface area contributed by atoms with Gasteiger partial charge in [0.2, 0.25) is 5.91 Å². The first-order valence-corrected chi connectivity index (χ1v) is 11.9. The summed E-state index contributed by atoms with van der Waals surface area (Å²) >= 11 is 2.58. The minimum Gasteiger partial charge on any atom is -0.462 e. The summed E-state index contributed by atoms with van der Waals surface area (Å²) in [6, 6.07) is 3.60. The standard InChI is InChI=1S/C21H29N3O4S2/c1-4-6-7-13-24(21-23-15(3)18(30-21)20(27)28-5-2)17(25)11-8-12-22-19(26)16-10-9-14-29-16/h9-10,14H,4-8,11-13H2,1-3H3,(H,22,26). The van der Waals surface area contributed by atoms with Crippen LogP contribution in [0.3, 0.4) is 0 Å². The third kappa shape index (κ3) is 6.91. The molecule has 0 saturated heterocycles. The van der Waals surface area contributed by atoms with Gasteiger partial charge < -0.3 is 10.1 Å². The lowest BCUT2D eigenvalue weighted by Crippen LogP contribution is -2.32. The fourth-order valence-corrected chi connectivity index (χ4v) is 4.45. The summed E-state index contributed by atoms with van der Waals surface area (Å²) in [5.41, 5.74) is 0.574. The number of carbonyl (C=O) groups excluding carboxylic acids is 3. The van der Waals surface area contributed by atoms with Gasteiger partial charge in [0.25, 0.3) is 5.91 Å². The Labute approximate surface area is 185 Å². The Morgan fingerprint density at radius 1 is 1.20 bits per heavy atom. The highest BCUT2D eigenvalue weighted by molar-refractivity contribution is 7.17. The van der Waals surface area contributed by atoms with Crippen LogP contribution in [-0.4, -0.2) is 42.5 Å². The van der Waals surface area contributed by atoms with Crippen LogP contribution in [-0.2, 0) is 9.53 Å². The number of thiazole rings is 1. The summed E-state index contributed by atoms with van der Waals surface area (Å²) in [6.45, 7) is 6.89. The molecule has 2 heterocycles. The number of nitrogens with zero attached hydrogens (tertiary/aromatic N) is 2. The van der Waals surface area contributed by atoms with Crippen LogP contribution in [0.15, 0.2) is 17.5 Å². The van der Waals surface area contributed by atoms with E-state index in [4.69, 9.17) is 4.74 Å². The van der Waals surface area contributed by atoms with Crippen LogP contribution in [0.1, 0.15) is 71.0 Å². The minimum atomic E-state index is -0.406. The maximum atomic E-state index is 12.9. The van der Waals surface area contributed by atoms with Gasteiger partial charge in [-0.25, -0.2) is 9.78 Å². The zero-order chi connectivity index (χ0) is 21.9. The van der Waals surface area contributed by atoms with E-state index in [9.17, 15) is 14.4 Å². The first-order valence-electron chi connectivity index (χ1n) is 10.2. The molecule has 2 amide bonds. The summed E-state index contributed by atoms with van der Waals surface area (Å²) in [5.74, 6) is -0.580. The van der Waals surface area contributed by atoms with E-state index in [0.29, 0.717) is 53.1 Å². The molecule has 2 aromatic rings. The number of thiophene rings is 1. The van der Waals surface area contributed by atoms with Crippen molar-refractivity contribution in [3.05, 3.63) is 33.0 Å². The van der Waals surface area contributed by atoms with Crippen LogP contribution < -0.4 is 10.2 Å². The number of esters is 1. The molecule has 0 saturated carbocycles. The number of rotatable bonds is 12. The van der Waals surface area contributed by atoms with Gasteiger partial charge in [0.15, 0.2) is 5.13 Å². The van der Waals surface area contributed by atoms with Crippen molar-refractivity contribution in [1.82, 2.24) is 10.3 Å². The van der Waals surface area contributed by atoms with E-state index in [1.54, 1.807) is 24.8 Å². The quantitative estimate of drug-likeness (QED) is 0.381. The molecular formula is C21H29N3O4S2. The molecule has 0 fully saturated rings. The van der Waals surface area contributed by atoms with Crippen LogP contribution >= 0.6 is 22.7 Å². The molecule has 0 aromatic carbocycles. The smallest absolute Gasteiger partial charge is 0.350 e. The van der Waals surface area contributed by atoms with E-state index >= 15 is 0 Å². The number of hydrogen-bond donors (Lipinski definition) is 1. The molecule has 9 heteroatoms. The summed E-state index contributed by atoms with van der Waals surface area (Å²) in [6.07, 6.45) is 3.75. The Morgan fingerprint density at radius 3 is 2.67 bits per heavy atom. The minimum absolute atomic E-state index is 0.0550. The van der Waals surface area contributed by atoms with Crippen LogP contribution in [0.2, 0.25) is 0 Å².